The number of benzene rings is 3. The fourth-order valence-corrected chi connectivity index (χ4v) is 4.11. The summed E-state index contributed by atoms with van der Waals surface area (Å²) in [5, 5.41) is 6.81. The number of halogens is 1. The van der Waals surface area contributed by atoms with E-state index in [-0.39, 0.29) is 24.9 Å². The first-order chi connectivity index (χ1) is 17.1. The van der Waals surface area contributed by atoms with Gasteiger partial charge in [-0.2, -0.15) is 0 Å². The first kappa shape index (κ1) is 24.6. The average Bonchev–Trinajstić information content (AvgIpc) is 2.88. The molecule has 0 aliphatic carbocycles. The Morgan fingerprint density at radius 2 is 1.69 bits per heavy atom. The minimum absolute atomic E-state index is 0.00750. The molecule has 8 heteroatoms. The van der Waals surface area contributed by atoms with Crippen molar-refractivity contribution in [2.45, 2.75) is 6.54 Å². The smallest absolute Gasteiger partial charge is 0.242 e. The van der Waals surface area contributed by atoms with Gasteiger partial charge in [0.2, 0.25) is 11.8 Å². The molecular formula is C27H29ClN4O3. The van der Waals surface area contributed by atoms with Crippen LogP contribution in [-0.2, 0) is 16.1 Å². The monoisotopic (exact) mass is 492 g/mol. The topological polar surface area (TPSA) is 73.9 Å². The van der Waals surface area contributed by atoms with E-state index in [1.54, 1.807) is 11.0 Å². The summed E-state index contributed by atoms with van der Waals surface area (Å²) in [6.45, 7) is 3.25. The Kier molecular flexibility index (Phi) is 8.59. The molecule has 1 saturated heterocycles. The highest BCUT2D eigenvalue weighted by Gasteiger charge is 2.23. The van der Waals surface area contributed by atoms with Gasteiger partial charge in [0.25, 0.3) is 0 Å². The van der Waals surface area contributed by atoms with Crippen molar-refractivity contribution in [2.24, 2.45) is 0 Å². The second-order valence-corrected chi connectivity index (χ2v) is 8.71. The zero-order valence-electron chi connectivity index (χ0n) is 19.5. The van der Waals surface area contributed by atoms with Gasteiger partial charge in [-0.3, -0.25) is 9.59 Å². The zero-order chi connectivity index (χ0) is 24.5. The number of piperazine rings is 1. The van der Waals surface area contributed by atoms with Crippen LogP contribution in [0.5, 0.6) is 11.5 Å². The molecule has 1 aliphatic heterocycles. The summed E-state index contributed by atoms with van der Waals surface area (Å²) in [5.74, 6) is 1.03. The third kappa shape index (κ3) is 7.21. The number of hydrogen-bond acceptors (Lipinski definition) is 5. The van der Waals surface area contributed by atoms with Crippen molar-refractivity contribution in [2.75, 3.05) is 44.2 Å². The van der Waals surface area contributed by atoms with Crippen molar-refractivity contribution in [1.82, 2.24) is 15.5 Å². The molecule has 2 N–H and O–H groups in total. The number of rotatable bonds is 9. The molecule has 182 valence electrons. The van der Waals surface area contributed by atoms with E-state index in [1.807, 2.05) is 77.7 Å². The summed E-state index contributed by atoms with van der Waals surface area (Å²) in [7, 11) is 0. The van der Waals surface area contributed by atoms with Gasteiger partial charge in [0.1, 0.15) is 5.75 Å². The fourth-order valence-electron chi connectivity index (χ4n) is 3.90. The normalized spacial score (nSPS) is 13.2. The van der Waals surface area contributed by atoms with Crippen molar-refractivity contribution in [1.29, 1.82) is 0 Å². The molecule has 1 heterocycles. The molecule has 0 radical (unpaired) electrons. The molecule has 3 aromatic carbocycles. The summed E-state index contributed by atoms with van der Waals surface area (Å²) in [4.78, 5) is 29.7. The first-order valence-corrected chi connectivity index (χ1v) is 12.0. The molecule has 7 nitrogen and oxygen atoms in total. The fraction of sp³-hybridized carbons (Fsp3) is 0.259. The van der Waals surface area contributed by atoms with Crippen LogP contribution in [0.15, 0.2) is 78.9 Å². The highest BCUT2D eigenvalue weighted by molar-refractivity contribution is 6.30. The molecule has 0 aromatic heterocycles. The summed E-state index contributed by atoms with van der Waals surface area (Å²) < 4.78 is 6.12. The second-order valence-electron chi connectivity index (χ2n) is 8.28. The van der Waals surface area contributed by atoms with E-state index in [9.17, 15) is 9.59 Å². The third-order valence-corrected chi connectivity index (χ3v) is 5.92. The summed E-state index contributed by atoms with van der Waals surface area (Å²) >= 11 is 6.06. The van der Waals surface area contributed by atoms with Crippen LogP contribution in [0.4, 0.5) is 5.69 Å². The van der Waals surface area contributed by atoms with Gasteiger partial charge in [-0.05, 0) is 42.0 Å². The van der Waals surface area contributed by atoms with Crippen molar-refractivity contribution in [3.63, 3.8) is 0 Å². The highest BCUT2D eigenvalue weighted by atomic mass is 35.5. The number of para-hydroxylation sites is 3. The van der Waals surface area contributed by atoms with Crippen LogP contribution in [0.1, 0.15) is 5.56 Å². The van der Waals surface area contributed by atoms with Crippen molar-refractivity contribution in [3.8, 4) is 11.5 Å². The number of anilines is 1. The Morgan fingerprint density at radius 3 is 2.46 bits per heavy atom. The molecular weight excluding hydrogens is 464 g/mol. The highest BCUT2D eigenvalue weighted by Crippen LogP contribution is 2.32. The van der Waals surface area contributed by atoms with Crippen LogP contribution >= 0.6 is 11.6 Å². The number of amides is 2. The van der Waals surface area contributed by atoms with Crippen LogP contribution in [0.3, 0.4) is 0 Å². The van der Waals surface area contributed by atoms with Gasteiger partial charge in [0.15, 0.2) is 5.75 Å². The molecule has 2 amide bonds. The molecule has 0 saturated carbocycles. The van der Waals surface area contributed by atoms with Gasteiger partial charge in [-0.1, -0.05) is 54.1 Å². The number of ether oxygens (including phenoxy) is 1. The van der Waals surface area contributed by atoms with Gasteiger partial charge >= 0.3 is 0 Å². The van der Waals surface area contributed by atoms with E-state index in [1.165, 1.54) is 0 Å². The van der Waals surface area contributed by atoms with Gasteiger partial charge in [0, 0.05) is 37.7 Å². The molecule has 1 aliphatic rings. The Morgan fingerprint density at radius 1 is 0.943 bits per heavy atom. The molecule has 1 fully saturated rings. The Bertz CT molecular complexity index is 1140. The Labute approximate surface area is 210 Å². The maximum Gasteiger partial charge on any atom is 0.242 e. The lowest BCUT2D eigenvalue weighted by atomic mass is 10.2. The maximum atomic E-state index is 13.1. The number of carbonyl (C=O) groups is 2. The SMILES string of the molecule is O=C(CN(CC(=O)N1CCNCC1)c1ccccc1Oc1ccccc1)NCc1cccc(Cl)c1. The summed E-state index contributed by atoms with van der Waals surface area (Å²) in [5.41, 5.74) is 1.58. The predicted molar refractivity (Wildman–Crippen MR) is 138 cm³/mol. The number of carbonyl (C=O) groups excluding carboxylic acids is 2. The van der Waals surface area contributed by atoms with Crippen LogP contribution < -0.4 is 20.3 Å². The third-order valence-electron chi connectivity index (χ3n) is 5.69. The molecule has 35 heavy (non-hydrogen) atoms. The molecule has 0 unspecified atom stereocenters. The zero-order valence-corrected chi connectivity index (χ0v) is 20.2. The van der Waals surface area contributed by atoms with E-state index in [0.29, 0.717) is 41.8 Å². The first-order valence-electron chi connectivity index (χ1n) is 11.6. The Balaban J connectivity index is 1.52. The van der Waals surface area contributed by atoms with E-state index in [2.05, 4.69) is 10.6 Å². The van der Waals surface area contributed by atoms with Crippen molar-refractivity contribution in [3.05, 3.63) is 89.4 Å². The average molecular weight is 493 g/mol. The number of nitrogens with zero attached hydrogens (tertiary/aromatic N) is 2. The lowest BCUT2D eigenvalue weighted by Crippen LogP contribution is -2.50. The van der Waals surface area contributed by atoms with E-state index < -0.39 is 0 Å². The van der Waals surface area contributed by atoms with Gasteiger partial charge in [-0.15, -0.1) is 0 Å². The molecule has 0 atom stereocenters. The minimum Gasteiger partial charge on any atom is -0.455 e. The van der Waals surface area contributed by atoms with Crippen LogP contribution in [-0.4, -0.2) is 56.0 Å². The Hall–Kier alpha value is -3.55. The maximum absolute atomic E-state index is 13.1. The standard InChI is InChI=1S/C27H29ClN4O3/c28-22-8-6-7-21(17-22)18-30-26(33)19-32(20-27(34)31-15-13-29-14-16-31)24-11-4-5-12-25(24)35-23-9-2-1-3-10-23/h1-12,17,29H,13-16,18-20H2,(H,30,33). The van der Waals surface area contributed by atoms with E-state index in [4.69, 9.17) is 16.3 Å². The van der Waals surface area contributed by atoms with Gasteiger partial charge < -0.3 is 25.2 Å². The molecule has 3 aromatic rings. The minimum atomic E-state index is -0.201. The van der Waals surface area contributed by atoms with Crippen LogP contribution in [0.25, 0.3) is 0 Å². The molecule has 0 spiro atoms. The van der Waals surface area contributed by atoms with Crippen molar-refractivity contribution >= 4 is 29.1 Å². The van der Waals surface area contributed by atoms with E-state index >= 15 is 0 Å². The van der Waals surface area contributed by atoms with Crippen LogP contribution in [0, 0.1) is 0 Å². The largest absolute Gasteiger partial charge is 0.455 e. The van der Waals surface area contributed by atoms with Crippen molar-refractivity contribution < 1.29 is 14.3 Å². The molecule has 0 bridgehead atoms. The van der Waals surface area contributed by atoms with Crippen LogP contribution in [0.2, 0.25) is 5.02 Å². The van der Waals surface area contributed by atoms with Gasteiger partial charge in [-0.25, -0.2) is 0 Å². The van der Waals surface area contributed by atoms with Gasteiger partial charge in [0.05, 0.1) is 18.8 Å². The number of hydrogen-bond donors (Lipinski definition) is 2. The number of nitrogens with one attached hydrogen (secondary N) is 2. The predicted octanol–water partition coefficient (Wildman–Crippen LogP) is 3.69. The quantitative estimate of drug-likeness (QED) is 0.476. The lowest BCUT2D eigenvalue weighted by molar-refractivity contribution is -0.130. The molecule has 4 rings (SSSR count). The summed E-state index contributed by atoms with van der Waals surface area (Å²) in [6, 6.07) is 24.3. The lowest BCUT2D eigenvalue weighted by Gasteiger charge is -2.31. The van der Waals surface area contributed by atoms with E-state index in [0.717, 1.165) is 18.7 Å². The summed E-state index contributed by atoms with van der Waals surface area (Å²) in [6.07, 6.45) is 0. The second kappa shape index (κ2) is 12.2.